The van der Waals surface area contributed by atoms with Crippen LogP contribution in [-0.4, -0.2) is 101 Å². The Kier molecular flexibility index (Phi) is 13.3. The predicted molar refractivity (Wildman–Crippen MR) is 250 cm³/mol. The first kappa shape index (κ1) is 42.8. The first-order chi connectivity index (χ1) is 24.9. The van der Waals surface area contributed by atoms with Crippen LogP contribution in [0.4, 0.5) is 0 Å². The Bertz CT molecular complexity index is 1800. The minimum absolute atomic E-state index is 0.122. The smallest absolute Gasteiger partial charge is 0.197 e. The van der Waals surface area contributed by atoms with Crippen LogP contribution in [0.15, 0.2) is 47.9 Å². The van der Waals surface area contributed by atoms with Gasteiger partial charge in [0.2, 0.25) is 0 Å². The van der Waals surface area contributed by atoms with E-state index in [4.69, 9.17) is 118 Å². The van der Waals surface area contributed by atoms with Crippen LogP contribution in [0.5, 0.6) is 5.75 Å². The van der Waals surface area contributed by atoms with E-state index in [-0.39, 0.29) is 12.1 Å². The van der Waals surface area contributed by atoms with E-state index in [0.717, 1.165) is 49.5 Å². The van der Waals surface area contributed by atoms with Crippen molar-refractivity contribution in [1.82, 2.24) is 34.9 Å². The Labute approximate surface area is 367 Å². The van der Waals surface area contributed by atoms with Crippen molar-refractivity contribution in [2.24, 2.45) is 0 Å². The summed E-state index contributed by atoms with van der Waals surface area (Å²) in [5, 5.41) is 13.1. The van der Waals surface area contributed by atoms with Gasteiger partial charge >= 0.3 is 0 Å². The quantitative estimate of drug-likeness (QED) is 0.0471. The number of pyridine rings is 1. The highest BCUT2D eigenvalue weighted by atomic mass is 32.2. The molecule has 53 heavy (non-hydrogen) atoms. The number of aryl methyl sites for hydroxylation is 1. The molecule has 6 rings (SSSR count). The molecule has 1 aliphatic heterocycles. The van der Waals surface area contributed by atoms with Crippen LogP contribution in [0.1, 0.15) is 50.1 Å². The molecular weight excluding hydrogens is 855 g/mol. The van der Waals surface area contributed by atoms with Crippen LogP contribution in [0.2, 0.25) is 0 Å². The van der Waals surface area contributed by atoms with Crippen molar-refractivity contribution in [3.8, 4) is 23.3 Å². The maximum absolute atomic E-state index is 6.27. The minimum atomic E-state index is -1.34. The summed E-state index contributed by atoms with van der Waals surface area (Å²) in [7, 11) is 0. The summed E-state index contributed by atoms with van der Waals surface area (Å²) in [6.07, 6.45) is 7.26. The second kappa shape index (κ2) is 16.5. The van der Waals surface area contributed by atoms with E-state index in [9.17, 15) is 0 Å². The lowest BCUT2D eigenvalue weighted by Crippen LogP contribution is -2.64. The summed E-state index contributed by atoms with van der Waals surface area (Å²) in [5.74, 6) is 7.92. The van der Waals surface area contributed by atoms with E-state index in [1.54, 1.807) is 12.4 Å². The van der Waals surface area contributed by atoms with Gasteiger partial charge in [-0.25, -0.2) is 0 Å². The summed E-state index contributed by atoms with van der Waals surface area (Å²) < 4.78 is 1.52. The molecule has 0 spiro atoms. The fourth-order valence-electron chi connectivity index (χ4n) is 7.09. The second-order valence-electron chi connectivity index (χ2n) is 14.2. The van der Waals surface area contributed by atoms with E-state index in [1.165, 1.54) is 31.0 Å². The van der Waals surface area contributed by atoms with E-state index in [2.05, 4.69) is 56.0 Å². The Morgan fingerprint density at radius 3 is 2.15 bits per heavy atom. The van der Waals surface area contributed by atoms with Gasteiger partial charge in [-0.15, -0.1) is 10.2 Å². The van der Waals surface area contributed by atoms with Gasteiger partial charge in [-0.05, 0) is 75.9 Å². The summed E-state index contributed by atoms with van der Waals surface area (Å²) in [6, 6.07) is 10.3. The molecule has 2 aliphatic carbocycles. The Morgan fingerprint density at radius 1 is 0.906 bits per heavy atom. The molecule has 0 bridgehead atoms. The topological polar surface area (TPSA) is 71.3 Å². The van der Waals surface area contributed by atoms with E-state index < -0.39 is 20.4 Å². The molecule has 1 aromatic carbocycles. The van der Waals surface area contributed by atoms with Gasteiger partial charge in [0.15, 0.2) is 11.0 Å². The highest BCUT2D eigenvalue weighted by Crippen LogP contribution is 2.78. The SMILES string of the molecule is Cc1cc(OCc2nnc(SC3(S)C(S)(S)C(S)(S)C(S)(S)C3(S)S)n2-c2cccnc2)ccc1C#CCNCC1(N2CCN(C(C)C)CC2)CCC1. The van der Waals surface area contributed by atoms with Crippen LogP contribution in [-0.2, 0) is 6.61 Å². The largest absolute Gasteiger partial charge is 0.486 e. The zero-order chi connectivity index (χ0) is 38.5. The number of thiol groups is 9. The van der Waals surface area contributed by atoms with Crippen molar-refractivity contribution in [2.45, 2.75) is 83.8 Å². The van der Waals surface area contributed by atoms with Crippen LogP contribution >= 0.6 is 125 Å². The normalized spacial score (nSPS) is 22.6. The van der Waals surface area contributed by atoms with Gasteiger partial charge in [0.1, 0.15) is 32.8 Å². The molecule has 8 nitrogen and oxygen atoms in total. The highest BCUT2D eigenvalue weighted by Gasteiger charge is 2.81. The van der Waals surface area contributed by atoms with Crippen molar-refractivity contribution in [3.63, 3.8) is 0 Å². The van der Waals surface area contributed by atoms with Gasteiger partial charge in [-0.3, -0.25) is 19.4 Å². The van der Waals surface area contributed by atoms with Gasteiger partial charge in [0, 0.05) is 56.1 Å². The van der Waals surface area contributed by atoms with Gasteiger partial charge in [-0.2, -0.15) is 114 Å². The number of hydrogen-bond acceptors (Lipinski definition) is 17. The first-order valence-electron chi connectivity index (χ1n) is 17.4. The van der Waals surface area contributed by atoms with Gasteiger partial charge in [0.05, 0.1) is 18.4 Å². The molecule has 1 saturated heterocycles. The highest BCUT2D eigenvalue weighted by molar-refractivity contribution is 8.21. The number of thioether (sulfide) groups is 1. The van der Waals surface area contributed by atoms with E-state index in [1.807, 2.05) is 41.8 Å². The Hall–Kier alpha value is 0.250. The molecule has 0 atom stereocenters. The fourth-order valence-corrected chi connectivity index (χ4v) is 13.9. The number of hydrogen-bond donors (Lipinski definition) is 10. The average Bonchev–Trinajstić information content (AvgIpc) is 3.52. The Morgan fingerprint density at radius 2 is 1.58 bits per heavy atom. The molecule has 3 fully saturated rings. The zero-order valence-corrected chi connectivity index (χ0v) is 38.6. The molecule has 18 heteroatoms. The third-order valence-electron chi connectivity index (χ3n) is 10.7. The Balaban J connectivity index is 1.12. The van der Waals surface area contributed by atoms with Crippen molar-refractivity contribution >= 4 is 125 Å². The number of piperazine rings is 1. The van der Waals surface area contributed by atoms with Crippen LogP contribution in [0.3, 0.4) is 0 Å². The molecule has 0 amide bonds. The van der Waals surface area contributed by atoms with Gasteiger partial charge in [-0.1, -0.05) is 23.6 Å². The van der Waals surface area contributed by atoms with Crippen molar-refractivity contribution < 1.29 is 4.74 Å². The van der Waals surface area contributed by atoms with Crippen molar-refractivity contribution in [1.29, 1.82) is 0 Å². The zero-order valence-electron chi connectivity index (χ0n) is 29.7. The number of ether oxygens (including phenoxy) is 1. The molecule has 288 valence electrons. The monoisotopic (exact) mass is 901 g/mol. The molecule has 2 aromatic heterocycles. The first-order valence-corrected chi connectivity index (χ1v) is 22.2. The van der Waals surface area contributed by atoms with Crippen LogP contribution < -0.4 is 10.1 Å². The molecule has 3 aromatic rings. The molecule has 3 aliphatic rings. The number of benzene rings is 1. The molecular formula is C35H47N7OS10. The van der Waals surface area contributed by atoms with Crippen LogP contribution in [0, 0.1) is 18.8 Å². The fraction of sp³-hybridized carbons (Fsp3) is 0.571. The van der Waals surface area contributed by atoms with E-state index >= 15 is 0 Å². The molecule has 1 N–H and O–H groups in total. The number of nitrogens with one attached hydrogen (secondary N) is 1. The summed E-state index contributed by atoms with van der Waals surface area (Å²) in [4.78, 5) is 9.62. The standard InChI is InChI=1S/C35H47N7OS10/c1-23(2)40-15-17-41(18-16-40)30(11-6-12-30)22-37-14-4-7-25-9-10-27(19-24(25)3)43-21-28-38-39-29(42(28)26-8-5-13-36-20-26)53-35(52)33(48,49)31(44,45)32(46,47)34(35,50)51/h5,8-10,13,19-20,23,37,44-52H,6,11-12,14-18,21-22H2,1-3H3. The van der Waals surface area contributed by atoms with Gasteiger partial charge in [0.25, 0.3) is 0 Å². The lowest BCUT2D eigenvalue weighted by molar-refractivity contribution is -0.0228. The third kappa shape index (κ3) is 7.78. The maximum atomic E-state index is 6.27. The number of aromatic nitrogens is 4. The number of rotatable bonds is 11. The van der Waals surface area contributed by atoms with Crippen molar-refractivity contribution in [2.75, 3.05) is 39.3 Å². The molecule has 0 unspecified atom stereocenters. The molecule has 0 radical (unpaired) electrons. The van der Waals surface area contributed by atoms with Crippen molar-refractivity contribution in [3.05, 3.63) is 59.7 Å². The van der Waals surface area contributed by atoms with Gasteiger partial charge < -0.3 is 10.1 Å². The summed E-state index contributed by atoms with van der Waals surface area (Å²) in [6.45, 7) is 13.0. The average molecular weight is 902 g/mol. The number of nitrogens with zero attached hydrogens (tertiary/aromatic N) is 6. The van der Waals surface area contributed by atoms with Crippen LogP contribution in [0.25, 0.3) is 5.69 Å². The summed E-state index contributed by atoms with van der Waals surface area (Å²) in [5.41, 5.74) is 3.00. The predicted octanol–water partition coefficient (Wildman–Crippen LogP) is 6.39. The summed E-state index contributed by atoms with van der Waals surface area (Å²) >= 11 is 44.9. The maximum Gasteiger partial charge on any atom is 0.197 e. The molecule has 3 heterocycles. The molecule has 2 saturated carbocycles. The lowest BCUT2D eigenvalue weighted by atomic mass is 9.74. The second-order valence-corrected chi connectivity index (χ2v) is 23.2. The third-order valence-corrected chi connectivity index (χ3v) is 21.8. The lowest BCUT2D eigenvalue weighted by Gasteiger charge is -2.53. The van der Waals surface area contributed by atoms with E-state index in [0.29, 0.717) is 29.3 Å². The minimum Gasteiger partial charge on any atom is -0.486 e.